The van der Waals surface area contributed by atoms with Crippen LogP contribution in [0, 0.1) is 6.92 Å². The highest BCUT2D eigenvalue weighted by molar-refractivity contribution is 8.00. The van der Waals surface area contributed by atoms with Crippen molar-refractivity contribution in [3.63, 3.8) is 0 Å². The van der Waals surface area contributed by atoms with Gasteiger partial charge in [0.1, 0.15) is 11.1 Å². The number of hydrogen-bond acceptors (Lipinski definition) is 3. The zero-order chi connectivity index (χ0) is 14.0. The number of ether oxygens (including phenoxy) is 1. The molecule has 0 aliphatic carbocycles. The van der Waals surface area contributed by atoms with Crippen molar-refractivity contribution in [3.8, 4) is 5.75 Å². The summed E-state index contributed by atoms with van der Waals surface area (Å²) >= 11 is 1.36. The van der Waals surface area contributed by atoms with Gasteiger partial charge in [-0.1, -0.05) is 12.1 Å². The van der Waals surface area contributed by atoms with Crippen molar-refractivity contribution in [1.82, 2.24) is 4.90 Å². The lowest BCUT2D eigenvalue weighted by Crippen LogP contribution is -2.27. The second-order valence-electron chi connectivity index (χ2n) is 3.87. The molecule has 1 amide bonds. The average molecular weight is 290 g/mol. The van der Waals surface area contributed by atoms with Gasteiger partial charge < -0.3 is 9.64 Å². The van der Waals surface area contributed by atoms with E-state index >= 15 is 0 Å². The molecule has 2 rings (SSSR count). The summed E-state index contributed by atoms with van der Waals surface area (Å²) in [7, 11) is 0. The molecule has 1 aromatic rings. The SMILES string of the molecule is [CH2]CN1C(=O)CS[C@H]1c1cccc(OC(F)(F)F)c1. The van der Waals surface area contributed by atoms with Gasteiger partial charge in [-0.2, -0.15) is 0 Å². The summed E-state index contributed by atoms with van der Waals surface area (Å²) < 4.78 is 40.3. The third kappa shape index (κ3) is 3.34. The van der Waals surface area contributed by atoms with E-state index in [4.69, 9.17) is 0 Å². The fraction of sp³-hybridized carbons (Fsp3) is 0.333. The van der Waals surface area contributed by atoms with Crippen molar-refractivity contribution in [2.45, 2.75) is 11.7 Å². The third-order valence-electron chi connectivity index (χ3n) is 2.59. The van der Waals surface area contributed by atoms with Crippen LogP contribution in [0.25, 0.3) is 0 Å². The van der Waals surface area contributed by atoms with Crippen LogP contribution in [-0.4, -0.2) is 29.5 Å². The predicted molar refractivity (Wildman–Crippen MR) is 65.4 cm³/mol. The Labute approximate surface area is 112 Å². The highest BCUT2D eigenvalue weighted by Crippen LogP contribution is 2.39. The van der Waals surface area contributed by atoms with Gasteiger partial charge in [0.2, 0.25) is 5.91 Å². The molecule has 0 unspecified atom stereocenters. The Kier molecular flexibility index (Phi) is 3.93. The number of amides is 1. The van der Waals surface area contributed by atoms with Gasteiger partial charge in [-0.05, 0) is 24.6 Å². The minimum atomic E-state index is -4.72. The Morgan fingerprint density at radius 1 is 1.47 bits per heavy atom. The minimum absolute atomic E-state index is 0.0628. The van der Waals surface area contributed by atoms with Crippen LogP contribution in [0.15, 0.2) is 24.3 Å². The number of thioether (sulfide) groups is 1. The second-order valence-corrected chi connectivity index (χ2v) is 4.94. The third-order valence-corrected chi connectivity index (χ3v) is 3.84. The molecule has 1 fully saturated rings. The number of carbonyl (C=O) groups excluding carboxylic acids is 1. The normalized spacial score (nSPS) is 19.9. The van der Waals surface area contributed by atoms with Gasteiger partial charge in [0.15, 0.2) is 0 Å². The molecule has 0 saturated carbocycles. The summed E-state index contributed by atoms with van der Waals surface area (Å²) in [6.07, 6.45) is -4.72. The number of halogens is 3. The molecule has 1 radical (unpaired) electrons. The predicted octanol–water partition coefficient (Wildman–Crippen LogP) is 2.99. The number of hydrogen-bond donors (Lipinski definition) is 0. The Balaban J connectivity index is 2.21. The fourth-order valence-corrected chi connectivity index (χ4v) is 3.05. The summed E-state index contributed by atoms with van der Waals surface area (Å²) in [4.78, 5) is 13.1. The number of rotatable bonds is 3. The largest absolute Gasteiger partial charge is 0.573 e. The van der Waals surface area contributed by atoms with E-state index in [1.807, 2.05) is 0 Å². The first-order valence-corrected chi connectivity index (χ1v) is 6.51. The molecule has 0 bridgehead atoms. The maximum absolute atomic E-state index is 12.2. The summed E-state index contributed by atoms with van der Waals surface area (Å²) in [5.74, 6) is -0.0361. The molecule has 7 heteroatoms. The monoisotopic (exact) mass is 290 g/mol. The number of benzene rings is 1. The van der Waals surface area contributed by atoms with Gasteiger partial charge in [0.25, 0.3) is 0 Å². The van der Waals surface area contributed by atoms with Crippen LogP contribution in [0.4, 0.5) is 13.2 Å². The smallest absolute Gasteiger partial charge is 0.406 e. The van der Waals surface area contributed by atoms with Gasteiger partial charge in [0, 0.05) is 6.54 Å². The first-order chi connectivity index (χ1) is 8.90. The first kappa shape index (κ1) is 14.0. The molecule has 1 atom stereocenters. The molecule has 0 aromatic heterocycles. The molecule has 1 saturated heterocycles. The van der Waals surface area contributed by atoms with E-state index in [1.54, 1.807) is 6.07 Å². The zero-order valence-corrected chi connectivity index (χ0v) is 10.6. The molecule has 1 heterocycles. The van der Waals surface area contributed by atoms with Gasteiger partial charge in [-0.3, -0.25) is 4.79 Å². The van der Waals surface area contributed by atoms with Crippen molar-refractivity contribution in [2.24, 2.45) is 0 Å². The second kappa shape index (κ2) is 5.32. The van der Waals surface area contributed by atoms with Gasteiger partial charge >= 0.3 is 6.36 Å². The molecule has 1 aromatic carbocycles. The number of alkyl halides is 3. The molecule has 3 nitrogen and oxygen atoms in total. The Morgan fingerprint density at radius 3 is 2.84 bits per heavy atom. The first-order valence-electron chi connectivity index (χ1n) is 5.47. The fourth-order valence-electron chi connectivity index (χ4n) is 1.84. The lowest BCUT2D eigenvalue weighted by atomic mass is 10.2. The lowest BCUT2D eigenvalue weighted by molar-refractivity contribution is -0.274. The summed E-state index contributed by atoms with van der Waals surface area (Å²) in [6, 6.07) is 5.67. The van der Waals surface area contributed by atoms with Crippen LogP contribution in [0.5, 0.6) is 5.75 Å². The standard InChI is InChI=1S/C12H11F3NO2S/c1-2-16-10(17)7-19-11(16)8-4-3-5-9(6-8)18-12(13,14)15/h3-6,11H,1-2,7H2/t11-/m0/s1. The minimum Gasteiger partial charge on any atom is -0.406 e. The van der Waals surface area contributed by atoms with Crippen molar-refractivity contribution >= 4 is 17.7 Å². The topological polar surface area (TPSA) is 29.5 Å². The van der Waals surface area contributed by atoms with Crippen LogP contribution >= 0.6 is 11.8 Å². The summed E-state index contributed by atoms with van der Waals surface area (Å²) in [5, 5.41) is -0.304. The van der Waals surface area contributed by atoms with Gasteiger partial charge in [-0.25, -0.2) is 0 Å². The van der Waals surface area contributed by atoms with E-state index in [0.717, 1.165) is 0 Å². The lowest BCUT2D eigenvalue weighted by Gasteiger charge is -2.22. The number of carbonyl (C=O) groups is 1. The van der Waals surface area contributed by atoms with Crippen molar-refractivity contribution in [3.05, 3.63) is 36.8 Å². The Morgan fingerprint density at radius 2 is 2.21 bits per heavy atom. The van der Waals surface area contributed by atoms with Crippen molar-refractivity contribution in [2.75, 3.05) is 12.3 Å². The molecular formula is C12H11F3NO2S. The quantitative estimate of drug-likeness (QED) is 0.857. The van der Waals surface area contributed by atoms with E-state index in [-0.39, 0.29) is 23.6 Å². The zero-order valence-electron chi connectivity index (χ0n) is 9.81. The van der Waals surface area contributed by atoms with Crippen LogP contribution in [-0.2, 0) is 4.79 Å². The Bertz CT molecular complexity index is 478. The van der Waals surface area contributed by atoms with Crippen LogP contribution in [0.1, 0.15) is 10.9 Å². The molecule has 103 valence electrons. The maximum Gasteiger partial charge on any atom is 0.573 e. The van der Waals surface area contributed by atoms with E-state index in [0.29, 0.717) is 11.3 Å². The van der Waals surface area contributed by atoms with Crippen LogP contribution in [0.2, 0.25) is 0 Å². The van der Waals surface area contributed by atoms with Crippen molar-refractivity contribution in [1.29, 1.82) is 0 Å². The van der Waals surface area contributed by atoms with Crippen LogP contribution < -0.4 is 4.74 Å². The molecule has 0 spiro atoms. The highest BCUT2D eigenvalue weighted by atomic mass is 32.2. The molecule has 19 heavy (non-hydrogen) atoms. The Hall–Kier alpha value is -1.37. The highest BCUT2D eigenvalue weighted by Gasteiger charge is 2.33. The summed E-state index contributed by atoms with van der Waals surface area (Å²) in [5.41, 5.74) is 0.598. The van der Waals surface area contributed by atoms with E-state index in [2.05, 4.69) is 11.7 Å². The molecule has 0 N–H and O–H groups in total. The number of nitrogens with zero attached hydrogens (tertiary/aromatic N) is 1. The van der Waals surface area contributed by atoms with E-state index < -0.39 is 6.36 Å². The molecule has 1 aliphatic heterocycles. The van der Waals surface area contributed by atoms with Gasteiger partial charge in [0.05, 0.1) is 5.75 Å². The van der Waals surface area contributed by atoms with E-state index in [9.17, 15) is 18.0 Å². The molecule has 1 aliphatic rings. The van der Waals surface area contributed by atoms with Crippen LogP contribution in [0.3, 0.4) is 0 Å². The molecular weight excluding hydrogens is 279 g/mol. The van der Waals surface area contributed by atoms with E-state index in [1.165, 1.54) is 34.9 Å². The maximum atomic E-state index is 12.2. The average Bonchev–Trinajstić information content (AvgIpc) is 2.68. The van der Waals surface area contributed by atoms with Gasteiger partial charge in [-0.15, -0.1) is 24.9 Å². The van der Waals surface area contributed by atoms with Crippen molar-refractivity contribution < 1.29 is 22.7 Å². The summed E-state index contributed by atoms with van der Waals surface area (Å²) in [6.45, 7) is 3.93.